The van der Waals surface area contributed by atoms with E-state index in [0.29, 0.717) is 18.1 Å². The molecule has 2 amide bonds. The van der Waals surface area contributed by atoms with E-state index in [1.165, 1.54) is 18.2 Å². The van der Waals surface area contributed by atoms with Crippen LogP contribution in [0.4, 0.5) is 5.69 Å². The number of nitrogens with one attached hydrogen (secondary N) is 2. The molecule has 0 atom stereocenters. The SMILES string of the molecule is O=C(CCNS(=O)(=O)c1cccc(Cl)c1)NCC(=O)N1CCN(c2ccccc2)CC1. The molecule has 8 nitrogen and oxygen atoms in total. The fraction of sp³-hybridized carbons (Fsp3) is 0.333. The van der Waals surface area contributed by atoms with Crippen LogP contribution in [0, 0.1) is 0 Å². The van der Waals surface area contributed by atoms with E-state index in [-0.39, 0.29) is 30.3 Å². The molecule has 0 bridgehead atoms. The first-order chi connectivity index (χ1) is 14.8. The zero-order chi connectivity index (χ0) is 22.3. The number of halogens is 1. The van der Waals surface area contributed by atoms with E-state index >= 15 is 0 Å². The highest BCUT2D eigenvalue weighted by Crippen LogP contribution is 2.16. The van der Waals surface area contributed by atoms with E-state index < -0.39 is 15.9 Å². The van der Waals surface area contributed by atoms with Crippen LogP contribution in [0.2, 0.25) is 5.02 Å². The summed E-state index contributed by atoms with van der Waals surface area (Å²) in [7, 11) is -3.75. The van der Waals surface area contributed by atoms with Crippen LogP contribution in [0.15, 0.2) is 59.5 Å². The fourth-order valence-corrected chi connectivity index (χ4v) is 4.58. The second-order valence-electron chi connectivity index (χ2n) is 7.09. The van der Waals surface area contributed by atoms with Gasteiger partial charge in [-0.3, -0.25) is 9.59 Å². The van der Waals surface area contributed by atoms with Crippen LogP contribution >= 0.6 is 11.6 Å². The van der Waals surface area contributed by atoms with Gasteiger partial charge in [0.1, 0.15) is 0 Å². The number of benzene rings is 2. The van der Waals surface area contributed by atoms with E-state index in [9.17, 15) is 18.0 Å². The molecule has 2 N–H and O–H groups in total. The van der Waals surface area contributed by atoms with Gasteiger partial charge in [0.25, 0.3) is 0 Å². The van der Waals surface area contributed by atoms with Crippen molar-refractivity contribution in [3.63, 3.8) is 0 Å². The lowest BCUT2D eigenvalue weighted by molar-refractivity contribution is -0.133. The number of piperazine rings is 1. The molecule has 2 aromatic rings. The summed E-state index contributed by atoms with van der Waals surface area (Å²) in [5, 5.41) is 2.87. The lowest BCUT2D eigenvalue weighted by Crippen LogP contribution is -2.51. The molecule has 0 saturated carbocycles. The maximum atomic E-state index is 12.4. The third-order valence-corrected chi connectivity index (χ3v) is 6.63. The third kappa shape index (κ3) is 6.68. The van der Waals surface area contributed by atoms with Crippen molar-refractivity contribution in [2.75, 3.05) is 44.2 Å². The van der Waals surface area contributed by atoms with Crippen molar-refractivity contribution in [3.8, 4) is 0 Å². The second-order valence-corrected chi connectivity index (χ2v) is 9.29. The molecule has 1 aliphatic heterocycles. The topological polar surface area (TPSA) is 98.8 Å². The molecule has 0 aromatic heterocycles. The Balaban J connectivity index is 1.36. The van der Waals surface area contributed by atoms with Gasteiger partial charge in [0, 0.05) is 49.9 Å². The normalized spacial score (nSPS) is 14.4. The van der Waals surface area contributed by atoms with E-state index in [2.05, 4.69) is 14.9 Å². The molecule has 2 aromatic carbocycles. The molecule has 31 heavy (non-hydrogen) atoms. The van der Waals surface area contributed by atoms with Crippen molar-refractivity contribution in [2.24, 2.45) is 0 Å². The Morgan fingerprint density at radius 1 is 0.968 bits per heavy atom. The van der Waals surface area contributed by atoms with Gasteiger partial charge in [0.05, 0.1) is 11.4 Å². The summed E-state index contributed by atoms with van der Waals surface area (Å²) in [5.41, 5.74) is 1.13. The largest absolute Gasteiger partial charge is 0.368 e. The summed E-state index contributed by atoms with van der Waals surface area (Å²) < 4.78 is 26.8. The minimum Gasteiger partial charge on any atom is -0.368 e. The highest BCUT2D eigenvalue weighted by molar-refractivity contribution is 7.89. The predicted molar refractivity (Wildman–Crippen MR) is 120 cm³/mol. The Bertz CT molecular complexity index is 1010. The molecular weight excluding hydrogens is 440 g/mol. The molecule has 166 valence electrons. The van der Waals surface area contributed by atoms with E-state index in [0.717, 1.165) is 18.8 Å². The Morgan fingerprint density at radius 3 is 2.35 bits per heavy atom. The lowest BCUT2D eigenvalue weighted by Gasteiger charge is -2.36. The van der Waals surface area contributed by atoms with Crippen LogP contribution in [-0.2, 0) is 19.6 Å². The van der Waals surface area contributed by atoms with Crippen LogP contribution in [0.5, 0.6) is 0 Å². The van der Waals surface area contributed by atoms with E-state index in [1.807, 2.05) is 30.3 Å². The smallest absolute Gasteiger partial charge is 0.242 e. The van der Waals surface area contributed by atoms with Gasteiger partial charge in [-0.15, -0.1) is 0 Å². The minimum absolute atomic E-state index is 0.0326. The first-order valence-corrected chi connectivity index (χ1v) is 11.8. The number of amides is 2. The van der Waals surface area contributed by atoms with Gasteiger partial charge in [0.2, 0.25) is 21.8 Å². The maximum Gasteiger partial charge on any atom is 0.242 e. The Kier molecular flexibility index (Phi) is 7.89. The molecule has 0 radical (unpaired) electrons. The number of sulfonamides is 1. The molecule has 0 spiro atoms. The molecule has 1 heterocycles. The van der Waals surface area contributed by atoms with Gasteiger partial charge in [-0.05, 0) is 30.3 Å². The van der Waals surface area contributed by atoms with Crippen LogP contribution in [0.3, 0.4) is 0 Å². The molecule has 1 aliphatic rings. The first-order valence-electron chi connectivity index (χ1n) is 9.95. The van der Waals surface area contributed by atoms with Crippen molar-refractivity contribution >= 4 is 39.1 Å². The lowest BCUT2D eigenvalue weighted by atomic mass is 10.2. The number of hydrogen-bond acceptors (Lipinski definition) is 5. The van der Waals surface area contributed by atoms with E-state index in [4.69, 9.17) is 11.6 Å². The minimum atomic E-state index is -3.75. The Hall–Kier alpha value is -2.62. The number of nitrogens with zero attached hydrogens (tertiary/aromatic N) is 2. The van der Waals surface area contributed by atoms with Crippen molar-refractivity contribution in [1.82, 2.24) is 14.9 Å². The van der Waals surface area contributed by atoms with E-state index in [1.54, 1.807) is 11.0 Å². The van der Waals surface area contributed by atoms with Crippen LogP contribution in [0.1, 0.15) is 6.42 Å². The van der Waals surface area contributed by atoms with Crippen molar-refractivity contribution in [2.45, 2.75) is 11.3 Å². The van der Waals surface area contributed by atoms with Crippen LogP contribution < -0.4 is 14.9 Å². The summed E-state index contributed by atoms with van der Waals surface area (Å²) in [5.74, 6) is -0.550. The first kappa shape index (κ1) is 23.1. The maximum absolute atomic E-state index is 12.4. The van der Waals surface area contributed by atoms with Crippen LogP contribution in [0.25, 0.3) is 0 Å². The van der Waals surface area contributed by atoms with Gasteiger partial charge < -0.3 is 15.1 Å². The van der Waals surface area contributed by atoms with Crippen molar-refractivity contribution in [1.29, 1.82) is 0 Å². The molecule has 3 rings (SSSR count). The summed E-state index contributed by atoms with van der Waals surface area (Å²) >= 11 is 5.81. The molecule has 0 aliphatic carbocycles. The standard InChI is InChI=1S/C21H25ClN4O4S/c22-17-5-4-8-19(15-17)31(29,30)24-10-9-20(27)23-16-21(28)26-13-11-25(12-14-26)18-6-2-1-3-7-18/h1-8,15,24H,9-14,16H2,(H,23,27). The molecule has 1 saturated heterocycles. The summed E-state index contributed by atoms with van der Waals surface area (Å²) in [4.78, 5) is 28.3. The van der Waals surface area contributed by atoms with Crippen molar-refractivity contribution in [3.05, 3.63) is 59.6 Å². The number of carbonyl (C=O) groups excluding carboxylic acids is 2. The Labute approximate surface area is 187 Å². The molecule has 0 unspecified atom stereocenters. The highest BCUT2D eigenvalue weighted by atomic mass is 35.5. The summed E-state index contributed by atoms with van der Waals surface area (Å²) in [6, 6.07) is 15.9. The average Bonchev–Trinajstić information content (AvgIpc) is 2.78. The predicted octanol–water partition coefficient (Wildman–Crippen LogP) is 1.47. The number of hydrogen-bond donors (Lipinski definition) is 2. The molecule has 1 fully saturated rings. The van der Waals surface area contributed by atoms with Crippen LogP contribution in [-0.4, -0.2) is 64.4 Å². The van der Waals surface area contributed by atoms with Crippen molar-refractivity contribution < 1.29 is 18.0 Å². The Morgan fingerprint density at radius 2 is 1.68 bits per heavy atom. The van der Waals surface area contributed by atoms with Gasteiger partial charge >= 0.3 is 0 Å². The molecule has 10 heteroatoms. The summed E-state index contributed by atoms with van der Waals surface area (Å²) in [6.45, 7) is 2.45. The van der Waals surface area contributed by atoms with Gasteiger partial charge in [-0.1, -0.05) is 35.9 Å². The number of carbonyl (C=O) groups is 2. The highest BCUT2D eigenvalue weighted by Gasteiger charge is 2.21. The summed E-state index contributed by atoms with van der Waals surface area (Å²) in [6.07, 6.45) is -0.0745. The van der Waals surface area contributed by atoms with Gasteiger partial charge in [-0.25, -0.2) is 13.1 Å². The zero-order valence-corrected chi connectivity index (χ0v) is 18.5. The third-order valence-electron chi connectivity index (χ3n) is 4.94. The zero-order valence-electron chi connectivity index (χ0n) is 17.0. The number of anilines is 1. The quantitative estimate of drug-likeness (QED) is 0.616. The fourth-order valence-electron chi connectivity index (χ4n) is 3.24. The van der Waals surface area contributed by atoms with Gasteiger partial charge in [-0.2, -0.15) is 0 Å². The average molecular weight is 465 g/mol. The second kappa shape index (κ2) is 10.6. The van der Waals surface area contributed by atoms with Gasteiger partial charge in [0.15, 0.2) is 0 Å². The molecular formula is C21H25ClN4O4S. The number of para-hydroxylation sites is 1. The number of rotatable bonds is 8. The monoisotopic (exact) mass is 464 g/mol.